The van der Waals surface area contributed by atoms with Crippen molar-refractivity contribution < 1.29 is 9.59 Å². The van der Waals surface area contributed by atoms with E-state index >= 15 is 0 Å². The van der Waals surface area contributed by atoms with Crippen molar-refractivity contribution >= 4 is 28.8 Å². The zero-order valence-electron chi connectivity index (χ0n) is 16.9. The van der Waals surface area contributed by atoms with Crippen molar-refractivity contribution in [2.75, 3.05) is 23.3 Å². The van der Waals surface area contributed by atoms with Gasteiger partial charge in [0.25, 0.3) is 0 Å². The van der Waals surface area contributed by atoms with Crippen LogP contribution in [0.15, 0.2) is 41.5 Å². The zero-order valence-corrected chi connectivity index (χ0v) is 16.9. The van der Waals surface area contributed by atoms with E-state index in [9.17, 15) is 14.4 Å². The van der Waals surface area contributed by atoms with Gasteiger partial charge in [0.15, 0.2) is 11.6 Å². The summed E-state index contributed by atoms with van der Waals surface area (Å²) in [5, 5.41) is 7.11. The van der Waals surface area contributed by atoms with Gasteiger partial charge in [0.2, 0.25) is 11.6 Å². The van der Waals surface area contributed by atoms with Crippen molar-refractivity contribution in [1.82, 2.24) is 19.2 Å². The maximum atomic E-state index is 12.8. The lowest BCUT2D eigenvalue weighted by Gasteiger charge is -2.20. The molecule has 0 aliphatic carbocycles. The fraction of sp³-hybridized carbons (Fsp3) is 0.381. The standard InChI is InChI=1S/C21H24N6O3/c1-15(28)16-7-6-8-17(13-16)23-18(29)14-27-21(30)26-12-9-22-19(20(26)24-27)25-10-4-2-3-5-11-25/h6-9,12-13H,2-5,10-11,14H2,1H3,(H,23,29). The Morgan fingerprint density at radius 3 is 2.63 bits per heavy atom. The number of hydrogen-bond acceptors (Lipinski definition) is 6. The first kappa shape index (κ1) is 19.8. The van der Waals surface area contributed by atoms with Crippen molar-refractivity contribution in [3.63, 3.8) is 0 Å². The minimum absolute atomic E-state index is 0.0868. The first-order valence-electron chi connectivity index (χ1n) is 10.1. The molecule has 3 heterocycles. The van der Waals surface area contributed by atoms with Crippen molar-refractivity contribution in [2.24, 2.45) is 0 Å². The first-order valence-corrected chi connectivity index (χ1v) is 10.1. The molecule has 0 atom stereocenters. The van der Waals surface area contributed by atoms with Crippen LogP contribution >= 0.6 is 0 Å². The van der Waals surface area contributed by atoms with E-state index in [1.807, 2.05) is 0 Å². The molecule has 4 rings (SSSR count). The molecular weight excluding hydrogens is 384 g/mol. The Balaban J connectivity index is 1.57. The summed E-state index contributed by atoms with van der Waals surface area (Å²) in [5.74, 6) is 0.187. The average molecular weight is 408 g/mol. The largest absolute Gasteiger partial charge is 0.353 e. The van der Waals surface area contributed by atoms with E-state index in [0.29, 0.717) is 22.7 Å². The Kier molecular flexibility index (Phi) is 5.60. The second-order valence-corrected chi connectivity index (χ2v) is 7.47. The van der Waals surface area contributed by atoms with Gasteiger partial charge in [-0.05, 0) is 31.9 Å². The fourth-order valence-corrected chi connectivity index (χ4v) is 3.70. The molecule has 30 heavy (non-hydrogen) atoms. The normalized spacial score (nSPS) is 14.5. The molecule has 0 radical (unpaired) electrons. The molecule has 1 amide bonds. The Hall–Kier alpha value is -3.49. The van der Waals surface area contributed by atoms with Crippen LogP contribution in [0.5, 0.6) is 0 Å². The molecule has 2 aromatic heterocycles. The molecule has 9 heteroatoms. The zero-order chi connectivity index (χ0) is 21.1. The highest BCUT2D eigenvalue weighted by molar-refractivity contribution is 5.97. The molecule has 0 spiro atoms. The van der Waals surface area contributed by atoms with Crippen molar-refractivity contribution in [2.45, 2.75) is 39.2 Å². The summed E-state index contributed by atoms with van der Waals surface area (Å²) in [4.78, 5) is 43.4. The fourth-order valence-electron chi connectivity index (χ4n) is 3.70. The van der Waals surface area contributed by atoms with Crippen LogP contribution in [0.1, 0.15) is 43.0 Å². The summed E-state index contributed by atoms with van der Waals surface area (Å²) in [6.07, 6.45) is 7.69. The van der Waals surface area contributed by atoms with E-state index in [1.165, 1.54) is 24.2 Å². The number of amides is 1. The summed E-state index contributed by atoms with van der Waals surface area (Å²) in [6.45, 7) is 2.98. The monoisotopic (exact) mass is 408 g/mol. The number of rotatable bonds is 5. The highest BCUT2D eigenvalue weighted by Crippen LogP contribution is 2.20. The quantitative estimate of drug-likeness (QED) is 0.649. The van der Waals surface area contributed by atoms with Gasteiger partial charge in [-0.1, -0.05) is 25.0 Å². The van der Waals surface area contributed by atoms with E-state index < -0.39 is 11.6 Å². The third-order valence-corrected chi connectivity index (χ3v) is 5.23. The summed E-state index contributed by atoms with van der Waals surface area (Å²) in [5.41, 5.74) is 1.06. The van der Waals surface area contributed by atoms with Crippen LogP contribution in [0.2, 0.25) is 0 Å². The van der Waals surface area contributed by atoms with Crippen LogP contribution in [0.25, 0.3) is 5.65 Å². The Morgan fingerprint density at radius 1 is 1.13 bits per heavy atom. The smallest absolute Gasteiger partial charge is 0.350 e. The Morgan fingerprint density at radius 2 is 1.90 bits per heavy atom. The number of carbonyl (C=O) groups excluding carboxylic acids is 2. The van der Waals surface area contributed by atoms with Gasteiger partial charge in [-0.25, -0.2) is 18.9 Å². The SMILES string of the molecule is CC(=O)c1cccc(NC(=O)Cn2nc3c(N4CCCCCC4)nccn3c2=O)c1. The molecular formula is C21H24N6O3. The summed E-state index contributed by atoms with van der Waals surface area (Å²) in [6, 6.07) is 6.68. The van der Waals surface area contributed by atoms with Gasteiger partial charge in [-0.15, -0.1) is 5.10 Å². The van der Waals surface area contributed by atoms with E-state index in [4.69, 9.17) is 0 Å². The van der Waals surface area contributed by atoms with Gasteiger partial charge >= 0.3 is 5.69 Å². The van der Waals surface area contributed by atoms with Gasteiger partial charge < -0.3 is 10.2 Å². The molecule has 0 bridgehead atoms. The van der Waals surface area contributed by atoms with Crippen molar-refractivity contribution in [1.29, 1.82) is 0 Å². The number of fused-ring (bicyclic) bond motifs is 1. The summed E-state index contributed by atoms with van der Waals surface area (Å²) >= 11 is 0. The molecule has 1 saturated heterocycles. The number of nitrogens with one attached hydrogen (secondary N) is 1. The lowest BCUT2D eigenvalue weighted by Crippen LogP contribution is -2.28. The lowest BCUT2D eigenvalue weighted by atomic mass is 10.1. The second-order valence-electron chi connectivity index (χ2n) is 7.47. The topological polar surface area (TPSA) is 102 Å². The van der Waals surface area contributed by atoms with Crippen LogP contribution in [0.4, 0.5) is 11.5 Å². The number of benzene rings is 1. The van der Waals surface area contributed by atoms with Gasteiger partial charge in [-0.2, -0.15) is 0 Å². The number of anilines is 2. The molecule has 3 aromatic rings. The van der Waals surface area contributed by atoms with Crippen LogP contribution in [-0.2, 0) is 11.3 Å². The van der Waals surface area contributed by atoms with Gasteiger partial charge in [0, 0.05) is 36.7 Å². The molecule has 1 fully saturated rings. The number of Topliss-reactive ketones (excluding diaryl/α,β-unsaturated/α-hetero) is 1. The van der Waals surface area contributed by atoms with Crippen molar-refractivity contribution in [3.05, 3.63) is 52.7 Å². The Bertz CT molecular complexity index is 1140. The van der Waals surface area contributed by atoms with E-state index in [1.54, 1.807) is 36.7 Å². The van der Waals surface area contributed by atoms with Crippen LogP contribution in [-0.4, -0.2) is 43.9 Å². The molecule has 156 valence electrons. The maximum absolute atomic E-state index is 12.8. The number of nitrogens with zero attached hydrogens (tertiary/aromatic N) is 5. The van der Waals surface area contributed by atoms with E-state index in [2.05, 4.69) is 20.3 Å². The highest BCUT2D eigenvalue weighted by atomic mass is 16.2. The molecule has 1 N–H and O–H groups in total. The van der Waals surface area contributed by atoms with E-state index in [-0.39, 0.29) is 12.3 Å². The lowest BCUT2D eigenvalue weighted by molar-refractivity contribution is -0.117. The first-order chi connectivity index (χ1) is 14.5. The molecule has 1 aromatic carbocycles. The number of aromatic nitrogens is 4. The van der Waals surface area contributed by atoms with Crippen LogP contribution in [0, 0.1) is 0 Å². The summed E-state index contributed by atoms with van der Waals surface area (Å²) < 4.78 is 2.57. The van der Waals surface area contributed by atoms with Crippen LogP contribution < -0.4 is 15.9 Å². The third kappa shape index (κ3) is 4.10. The van der Waals surface area contributed by atoms with Gasteiger partial charge in [0.1, 0.15) is 6.54 Å². The van der Waals surface area contributed by atoms with Gasteiger partial charge in [0.05, 0.1) is 0 Å². The van der Waals surface area contributed by atoms with Gasteiger partial charge in [-0.3, -0.25) is 9.59 Å². The van der Waals surface area contributed by atoms with E-state index in [0.717, 1.165) is 30.6 Å². The molecule has 1 aliphatic heterocycles. The molecule has 0 unspecified atom stereocenters. The molecule has 9 nitrogen and oxygen atoms in total. The van der Waals surface area contributed by atoms with Crippen LogP contribution in [0.3, 0.4) is 0 Å². The number of carbonyl (C=O) groups is 2. The second kappa shape index (κ2) is 8.48. The summed E-state index contributed by atoms with van der Waals surface area (Å²) in [7, 11) is 0. The average Bonchev–Trinajstić information content (AvgIpc) is 2.90. The number of hydrogen-bond donors (Lipinski definition) is 1. The third-order valence-electron chi connectivity index (χ3n) is 5.23. The molecule has 0 saturated carbocycles. The minimum atomic E-state index is -0.398. The highest BCUT2D eigenvalue weighted by Gasteiger charge is 2.19. The Labute approximate surface area is 173 Å². The predicted molar refractivity (Wildman–Crippen MR) is 113 cm³/mol. The number of ketones is 1. The molecule has 1 aliphatic rings. The van der Waals surface area contributed by atoms with Crippen molar-refractivity contribution in [3.8, 4) is 0 Å². The maximum Gasteiger partial charge on any atom is 0.350 e. The minimum Gasteiger partial charge on any atom is -0.353 e. The predicted octanol–water partition coefficient (Wildman–Crippen LogP) is 2.11.